The summed E-state index contributed by atoms with van der Waals surface area (Å²) in [5.74, 6) is -4.86. The Balaban J connectivity index is 1.34. The molecule has 0 aliphatic carbocycles. The van der Waals surface area contributed by atoms with Crippen LogP contribution in [-0.2, 0) is 55.8 Å². The number of aromatic nitrogens is 4. The second-order valence-electron chi connectivity index (χ2n) is 19.5. The molecule has 0 aromatic carbocycles. The number of aliphatic hydroxyl groups is 1. The number of likely N-dealkylation sites (N-methyl/N-ethyl adjacent to an activating group) is 1. The molecule has 6 heterocycles. The number of ether oxygens (including phenoxy) is 6. The van der Waals surface area contributed by atoms with Gasteiger partial charge in [0.25, 0.3) is 0 Å². The highest BCUT2D eigenvalue weighted by Crippen LogP contribution is 2.44. The second-order valence-corrected chi connectivity index (χ2v) is 19.5. The molecule has 1 amide bonds. The number of aryl methyl sites for hydroxylation is 1. The molecule has 3 aromatic heterocycles. The first-order valence-electron chi connectivity index (χ1n) is 23.8. The molecule has 6 rings (SSSR count). The summed E-state index contributed by atoms with van der Waals surface area (Å²) in [7, 11) is 5.28. The van der Waals surface area contributed by atoms with Gasteiger partial charge < -0.3 is 47.9 Å². The van der Waals surface area contributed by atoms with Gasteiger partial charge in [0.1, 0.15) is 24.1 Å². The number of carbonyl (C=O) groups excluding carboxylic acids is 4. The molecule has 368 valence electrons. The zero-order valence-corrected chi connectivity index (χ0v) is 41.1. The summed E-state index contributed by atoms with van der Waals surface area (Å²) in [6.45, 7) is 15.3. The number of methoxy groups -OCH3 is 1. The SMILES string of the molecule is CCC1OC(=O)C(C)C(OC(=O)Cc2ccccn2)C(C)C(OC2O[C@H](C)C[C@H](N(C)C)[C@H]2O)C(C)(OC)CC(C)C(=O)C(C)C2N(CCCCn3cnc(-c4cccnc4)c3)C(=O)OC12C. The third-order valence-electron chi connectivity index (χ3n) is 14.3. The molecule has 17 heteroatoms. The number of pyridine rings is 2. The standard InChI is InChI=1S/C50H72N6O11/c1-12-39-50(8)44(56(48(61)67-50)23-16-15-22-55-28-37(53-29-55)35-18-17-20-51-27-35)32(4)41(58)30(2)26-49(7,62-11)45(66-47-42(59)38(54(9)10)24-31(3)63-47)33(5)43(34(6)46(60)64-39)65-40(57)25-36-19-13-14-21-52-36/h13-14,17-21,27-34,38-39,42-45,47,59H,12,15-16,22-26H2,1-11H3/t30?,31-,32?,33?,34?,38+,39?,42-,43?,44?,45?,47?,49?,50?/m1/s1. The van der Waals surface area contributed by atoms with E-state index in [0.29, 0.717) is 31.5 Å². The average Bonchev–Trinajstić information content (AvgIpc) is 3.89. The lowest BCUT2D eigenvalue weighted by Gasteiger charge is -2.48. The van der Waals surface area contributed by atoms with Crippen molar-refractivity contribution in [1.82, 2.24) is 29.3 Å². The Labute approximate surface area is 395 Å². The van der Waals surface area contributed by atoms with Crippen molar-refractivity contribution in [1.29, 1.82) is 0 Å². The first-order valence-corrected chi connectivity index (χ1v) is 23.8. The molecule has 0 bridgehead atoms. The Kier molecular flexibility index (Phi) is 17.0. The van der Waals surface area contributed by atoms with Crippen LogP contribution in [0, 0.1) is 23.7 Å². The Morgan fingerprint density at radius 3 is 2.39 bits per heavy atom. The van der Waals surface area contributed by atoms with Crippen LogP contribution in [0.3, 0.4) is 0 Å². The molecule has 17 nitrogen and oxygen atoms in total. The van der Waals surface area contributed by atoms with Crippen LogP contribution in [0.2, 0.25) is 0 Å². The smallest absolute Gasteiger partial charge is 0.410 e. The maximum absolute atomic E-state index is 15.0. The van der Waals surface area contributed by atoms with Crippen molar-refractivity contribution >= 4 is 23.8 Å². The highest BCUT2D eigenvalue weighted by molar-refractivity contribution is 5.85. The van der Waals surface area contributed by atoms with E-state index in [-0.39, 0.29) is 43.7 Å². The molecular formula is C50H72N6O11. The van der Waals surface area contributed by atoms with Gasteiger partial charge in [-0.25, -0.2) is 9.78 Å². The summed E-state index contributed by atoms with van der Waals surface area (Å²) in [6, 6.07) is 7.91. The van der Waals surface area contributed by atoms with Crippen LogP contribution in [0.25, 0.3) is 11.3 Å². The van der Waals surface area contributed by atoms with Gasteiger partial charge in [0, 0.05) is 74.3 Å². The molecular weight excluding hydrogens is 861 g/mol. The number of ketones is 1. The maximum atomic E-state index is 15.0. The number of unbranched alkanes of at least 4 members (excludes halogenated alkanes) is 1. The van der Waals surface area contributed by atoms with E-state index in [1.54, 1.807) is 75.7 Å². The highest BCUT2D eigenvalue weighted by atomic mass is 16.7. The number of hydrogen-bond donors (Lipinski definition) is 1. The first-order chi connectivity index (χ1) is 31.8. The zero-order valence-electron chi connectivity index (χ0n) is 41.1. The van der Waals surface area contributed by atoms with Crippen LogP contribution < -0.4 is 0 Å². The van der Waals surface area contributed by atoms with E-state index in [1.807, 2.05) is 69.6 Å². The Morgan fingerprint density at radius 1 is 0.985 bits per heavy atom. The van der Waals surface area contributed by atoms with Crippen molar-refractivity contribution in [2.45, 2.75) is 161 Å². The van der Waals surface area contributed by atoms with Crippen LogP contribution >= 0.6 is 0 Å². The normalized spacial score (nSPS) is 34.3. The van der Waals surface area contributed by atoms with Crippen LogP contribution in [0.15, 0.2) is 61.4 Å². The predicted molar refractivity (Wildman–Crippen MR) is 247 cm³/mol. The molecule has 0 radical (unpaired) electrons. The van der Waals surface area contributed by atoms with E-state index < -0.39 is 89.7 Å². The van der Waals surface area contributed by atoms with E-state index in [4.69, 9.17) is 28.4 Å². The van der Waals surface area contributed by atoms with Crippen molar-refractivity contribution in [2.24, 2.45) is 23.7 Å². The van der Waals surface area contributed by atoms with Gasteiger partial charge in [0.15, 0.2) is 11.9 Å². The summed E-state index contributed by atoms with van der Waals surface area (Å²) >= 11 is 0. The Morgan fingerprint density at radius 2 is 1.73 bits per heavy atom. The summed E-state index contributed by atoms with van der Waals surface area (Å²) < 4.78 is 40.6. The third-order valence-corrected chi connectivity index (χ3v) is 14.3. The summed E-state index contributed by atoms with van der Waals surface area (Å²) in [5.41, 5.74) is -0.547. The largest absolute Gasteiger partial charge is 0.461 e. The number of cyclic esters (lactones) is 1. The van der Waals surface area contributed by atoms with Gasteiger partial charge in [-0.3, -0.25) is 24.4 Å². The molecule has 0 saturated carbocycles. The number of rotatable bonds is 14. The number of imidazole rings is 1. The van der Waals surface area contributed by atoms with E-state index in [1.165, 1.54) is 7.11 Å². The third kappa shape index (κ3) is 11.6. The van der Waals surface area contributed by atoms with Gasteiger partial charge in [-0.05, 0) is 98.2 Å². The van der Waals surface area contributed by atoms with Gasteiger partial charge in [-0.2, -0.15) is 0 Å². The molecule has 3 fully saturated rings. The highest BCUT2D eigenvalue weighted by Gasteiger charge is 2.60. The lowest BCUT2D eigenvalue weighted by Crippen LogP contribution is -2.61. The first kappa shape index (κ1) is 51.6. The minimum atomic E-state index is -1.44. The van der Waals surface area contributed by atoms with Crippen LogP contribution in [0.4, 0.5) is 4.79 Å². The fraction of sp³-hybridized carbons (Fsp3) is 0.660. The minimum Gasteiger partial charge on any atom is -0.461 e. The number of amides is 1. The zero-order chi connectivity index (χ0) is 48.8. The van der Waals surface area contributed by atoms with Crippen LogP contribution in [0.1, 0.15) is 93.2 Å². The number of nitrogens with zero attached hydrogens (tertiary/aromatic N) is 6. The molecule has 11 unspecified atom stereocenters. The van der Waals surface area contributed by atoms with Crippen molar-refractivity contribution in [2.75, 3.05) is 27.7 Å². The molecule has 3 aliphatic rings. The lowest BCUT2D eigenvalue weighted by atomic mass is 9.73. The van der Waals surface area contributed by atoms with Crippen molar-refractivity contribution in [3.8, 4) is 11.3 Å². The number of aliphatic hydroxyl groups excluding tert-OH is 1. The monoisotopic (exact) mass is 933 g/mol. The molecule has 3 saturated heterocycles. The molecule has 67 heavy (non-hydrogen) atoms. The van der Waals surface area contributed by atoms with E-state index in [9.17, 15) is 19.5 Å². The topological polar surface area (TPSA) is 194 Å². The van der Waals surface area contributed by atoms with Crippen molar-refractivity contribution < 1.29 is 52.7 Å². The molecule has 3 aliphatic heterocycles. The molecule has 0 spiro atoms. The fourth-order valence-corrected chi connectivity index (χ4v) is 10.6. The van der Waals surface area contributed by atoms with Crippen LogP contribution in [-0.4, -0.2) is 146 Å². The number of fused-ring (bicyclic) bond motifs is 1. The van der Waals surface area contributed by atoms with Gasteiger partial charge in [-0.1, -0.05) is 33.8 Å². The Bertz CT molecular complexity index is 2130. The van der Waals surface area contributed by atoms with Crippen molar-refractivity contribution in [3.63, 3.8) is 0 Å². The Hall–Kier alpha value is -4.81. The van der Waals surface area contributed by atoms with E-state index >= 15 is 4.79 Å². The summed E-state index contributed by atoms with van der Waals surface area (Å²) in [6.07, 6.45) is 4.48. The maximum Gasteiger partial charge on any atom is 0.410 e. The average molecular weight is 933 g/mol. The summed E-state index contributed by atoms with van der Waals surface area (Å²) in [5, 5.41) is 11.7. The van der Waals surface area contributed by atoms with Crippen molar-refractivity contribution in [3.05, 3.63) is 67.1 Å². The quantitative estimate of drug-likeness (QED) is 0.114. The van der Waals surface area contributed by atoms with Gasteiger partial charge in [0.2, 0.25) is 0 Å². The van der Waals surface area contributed by atoms with Gasteiger partial charge in [-0.15, -0.1) is 0 Å². The molecule has 1 N–H and O–H groups in total. The fourth-order valence-electron chi connectivity index (χ4n) is 10.6. The second kappa shape index (κ2) is 22.1. The predicted octanol–water partition coefficient (Wildman–Crippen LogP) is 5.91. The minimum absolute atomic E-state index is 0.117. The number of esters is 2. The number of Topliss-reactive ketones (excluding diaryl/α,β-unsaturated/α-hetero) is 1. The number of carbonyl (C=O) groups is 4. The lowest BCUT2D eigenvalue weighted by molar-refractivity contribution is -0.301. The van der Waals surface area contributed by atoms with Gasteiger partial charge >= 0.3 is 18.0 Å². The van der Waals surface area contributed by atoms with Crippen LogP contribution in [0.5, 0.6) is 0 Å². The molecule has 3 aromatic rings. The number of hydrogen-bond acceptors (Lipinski definition) is 15. The summed E-state index contributed by atoms with van der Waals surface area (Å²) in [4.78, 5) is 74.3. The molecule has 14 atom stereocenters. The van der Waals surface area contributed by atoms with Gasteiger partial charge in [0.05, 0.1) is 53.9 Å². The van der Waals surface area contributed by atoms with E-state index in [0.717, 1.165) is 11.3 Å². The van der Waals surface area contributed by atoms with E-state index in [2.05, 4.69) is 15.0 Å².